The van der Waals surface area contributed by atoms with Gasteiger partial charge in [-0.3, -0.25) is 0 Å². The van der Waals surface area contributed by atoms with Crippen molar-refractivity contribution in [2.45, 2.75) is 13.5 Å². The first kappa shape index (κ1) is 10.3. The van der Waals surface area contributed by atoms with Crippen LogP contribution in [0.5, 0.6) is 0 Å². The molecule has 0 fully saturated rings. The van der Waals surface area contributed by atoms with Crippen molar-refractivity contribution in [1.29, 1.82) is 0 Å². The molecule has 0 bridgehead atoms. The number of nitrogens with one attached hydrogen (secondary N) is 1. The Morgan fingerprint density at radius 2 is 2.23 bits per heavy atom. The van der Waals surface area contributed by atoms with Crippen LogP contribution < -0.4 is 11.1 Å². The predicted octanol–water partition coefficient (Wildman–Crippen LogP) is 1.85. The van der Waals surface area contributed by atoms with Gasteiger partial charge in [0, 0.05) is 11.3 Å². The van der Waals surface area contributed by atoms with Gasteiger partial charge in [0.05, 0.1) is 6.54 Å². The molecule has 13 heavy (non-hydrogen) atoms. The second-order valence-electron chi connectivity index (χ2n) is 2.93. The monoisotopic (exact) mass is 289 g/mol. The quantitative estimate of drug-likeness (QED) is 0.716. The number of anilines is 1. The molecule has 3 N–H and O–H groups in total. The van der Waals surface area contributed by atoms with Crippen molar-refractivity contribution in [2.75, 3.05) is 5.32 Å². The summed E-state index contributed by atoms with van der Waals surface area (Å²) < 4.78 is 0. The van der Waals surface area contributed by atoms with E-state index in [4.69, 9.17) is 5.73 Å². The van der Waals surface area contributed by atoms with E-state index in [2.05, 4.69) is 23.3 Å². The van der Waals surface area contributed by atoms with Gasteiger partial charge < -0.3 is 11.1 Å². The highest BCUT2D eigenvalue weighted by Gasteiger charge is 2.09. The van der Waals surface area contributed by atoms with Gasteiger partial charge in [0.2, 0.25) is 0 Å². The van der Waals surface area contributed by atoms with Crippen LogP contribution in [0.25, 0.3) is 0 Å². The van der Waals surface area contributed by atoms with Gasteiger partial charge in [-0.25, -0.2) is 4.99 Å². The molecule has 0 spiro atoms. The van der Waals surface area contributed by atoms with Gasteiger partial charge in [0.15, 0.2) is 5.96 Å². The zero-order chi connectivity index (χ0) is 8.55. The topological polar surface area (TPSA) is 50.4 Å². The number of aliphatic imine (C=N–C) groups is 1. The van der Waals surface area contributed by atoms with E-state index < -0.39 is 0 Å². The van der Waals surface area contributed by atoms with Crippen LogP contribution in [-0.2, 0) is 6.54 Å². The Bertz CT molecular complexity index is 347. The van der Waals surface area contributed by atoms with E-state index >= 15 is 0 Å². The Labute approximate surface area is 94.4 Å². The lowest BCUT2D eigenvalue weighted by atomic mass is 10.1. The van der Waals surface area contributed by atoms with Gasteiger partial charge in [0.25, 0.3) is 0 Å². The van der Waals surface area contributed by atoms with E-state index in [0.717, 1.165) is 5.69 Å². The lowest BCUT2D eigenvalue weighted by Gasteiger charge is -2.17. The number of halogens is 1. The highest BCUT2D eigenvalue weighted by molar-refractivity contribution is 14.0. The Morgan fingerprint density at radius 3 is 3.00 bits per heavy atom. The van der Waals surface area contributed by atoms with Crippen molar-refractivity contribution in [3.05, 3.63) is 29.3 Å². The molecule has 2 rings (SSSR count). The second-order valence-corrected chi connectivity index (χ2v) is 2.93. The molecule has 0 saturated heterocycles. The Kier molecular flexibility index (Phi) is 3.13. The average molecular weight is 289 g/mol. The van der Waals surface area contributed by atoms with E-state index in [1.54, 1.807) is 0 Å². The first-order valence-corrected chi connectivity index (χ1v) is 3.93. The third kappa shape index (κ3) is 1.93. The molecule has 0 amide bonds. The lowest BCUT2D eigenvalue weighted by Crippen LogP contribution is -2.26. The maximum absolute atomic E-state index is 5.54. The summed E-state index contributed by atoms with van der Waals surface area (Å²) in [6.07, 6.45) is 0. The number of aryl methyl sites for hydroxylation is 1. The third-order valence-electron chi connectivity index (χ3n) is 2.08. The van der Waals surface area contributed by atoms with Crippen LogP contribution in [0.15, 0.2) is 23.2 Å². The number of guanidine groups is 1. The first-order valence-electron chi connectivity index (χ1n) is 3.93. The minimum atomic E-state index is 0. The zero-order valence-corrected chi connectivity index (χ0v) is 9.70. The number of fused-ring (bicyclic) bond motifs is 1. The van der Waals surface area contributed by atoms with Crippen LogP contribution in [0, 0.1) is 6.92 Å². The summed E-state index contributed by atoms with van der Waals surface area (Å²) in [4.78, 5) is 4.12. The van der Waals surface area contributed by atoms with E-state index in [-0.39, 0.29) is 24.0 Å². The molecule has 0 atom stereocenters. The summed E-state index contributed by atoms with van der Waals surface area (Å²) in [5.74, 6) is 0.508. The van der Waals surface area contributed by atoms with E-state index in [1.807, 2.05) is 12.1 Å². The normalized spacial score (nSPS) is 13.5. The molecule has 1 aliphatic heterocycles. The summed E-state index contributed by atoms with van der Waals surface area (Å²) >= 11 is 0. The molecule has 0 radical (unpaired) electrons. The summed E-state index contributed by atoms with van der Waals surface area (Å²) in [5.41, 5.74) is 9.13. The van der Waals surface area contributed by atoms with Crippen molar-refractivity contribution in [3.63, 3.8) is 0 Å². The number of nitrogens with zero attached hydrogens (tertiary/aromatic N) is 1. The van der Waals surface area contributed by atoms with Crippen LogP contribution >= 0.6 is 24.0 Å². The molecule has 1 aromatic rings. The number of nitrogens with two attached hydrogens (primary N) is 1. The standard InChI is InChI=1S/C9H11N3.HI/c1-6-3-2-4-8-7(6)5-11-9(10)12-8;/h2-4H,5H2,1H3,(H3,10,11,12);1H. The van der Waals surface area contributed by atoms with E-state index in [0.29, 0.717) is 12.5 Å². The molecular weight excluding hydrogens is 277 g/mol. The van der Waals surface area contributed by atoms with Crippen molar-refractivity contribution >= 4 is 35.6 Å². The van der Waals surface area contributed by atoms with Crippen LogP contribution in [0.1, 0.15) is 11.1 Å². The SMILES string of the molecule is Cc1cccc2c1CN=C(N)N2.I. The van der Waals surface area contributed by atoms with Crippen LogP contribution in [0.3, 0.4) is 0 Å². The minimum absolute atomic E-state index is 0. The van der Waals surface area contributed by atoms with Crippen molar-refractivity contribution in [1.82, 2.24) is 0 Å². The molecule has 1 heterocycles. The van der Waals surface area contributed by atoms with Gasteiger partial charge in [-0.05, 0) is 18.6 Å². The van der Waals surface area contributed by atoms with Crippen molar-refractivity contribution < 1.29 is 0 Å². The molecular formula is C9H12IN3. The molecule has 3 nitrogen and oxygen atoms in total. The number of hydrogen-bond acceptors (Lipinski definition) is 3. The molecule has 0 unspecified atom stereocenters. The smallest absolute Gasteiger partial charge is 0.193 e. The molecule has 1 aromatic carbocycles. The van der Waals surface area contributed by atoms with Crippen molar-refractivity contribution in [2.24, 2.45) is 10.7 Å². The first-order chi connectivity index (χ1) is 5.77. The fraction of sp³-hybridized carbons (Fsp3) is 0.222. The third-order valence-corrected chi connectivity index (χ3v) is 2.08. The molecule has 70 valence electrons. The average Bonchev–Trinajstić information content (AvgIpc) is 2.04. The maximum Gasteiger partial charge on any atom is 0.193 e. The van der Waals surface area contributed by atoms with Gasteiger partial charge in [0.1, 0.15) is 0 Å². The predicted molar refractivity (Wildman–Crippen MR) is 65.5 cm³/mol. The number of rotatable bonds is 0. The second kappa shape index (κ2) is 3.95. The largest absolute Gasteiger partial charge is 0.370 e. The fourth-order valence-corrected chi connectivity index (χ4v) is 1.37. The van der Waals surface area contributed by atoms with Gasteiger partial charge in [-0.2, -0.15) is 0 Å². The van der Waals surface area contributed by atoms with Crippen LogP contribution in [0.2, 0.25) is 0 Å². The minimum Gasteiger partial charge on any atom is -0.370 e. The summed E-state index contributed by atoms with van der Waals surface area (Å²) in [7, 11) is 0. The number of hydrogen-bond donors (Lipinski definition) is 2. The molecule has 0 saturated carbocycles. The van der Waals surface area contributed by atoms with E-state index in [1.165, 1.54) is 11.1 Å². The van der Waals surface area contributed by atoms with Gasteiger partial charge in [-0.15, -0.1) is 24.0 Å². The number of benzene rings is 1. The fourth-order valence-electron chi connectivity index (χ4n) is 1.37. The zero-order valence-electron chi connectivity index (χ0n) is 7.37. The molecule has 0 aromatic heterocycles. The van der Waals surface area contributed by atoms with Crippen molar-refractivity contribution in [3.8, 4) is 0 Å². The highest BCUT2D eigenvalue weighted by Crippen LogP contribution is 2.22. The Morgan fingerprint density at radius 1 is 1.46 bits per heavy atom. The highest BCUT2D eigenvalue weighted by atomic mass is 127. The Balaban J connectivity index is 0.000000845. The molecule has 1 aliphatic rings. The summed E-state index contributed by atoms with van der Waals surface area (Å²) in [6, 6.07) is 6.11. The lowest BCUT2D eigenvalue weighted by molar-refractivity contribution is 1.02. The van der Waals surface area contributed by atoms with Gasteiger partial charge >= 0.3 is 0 Å². The maximum atomic E-state index is 5.54. The molecule has 0 aliphatic carbocycles. The van der Waals surface area contributed by atoms with Gasteiger partial charge in [-0.1, -0.05) is 12.1 Å². The summed E-state index contributed by atoms with van der Waals surface area (Å²) in [5, 5.41) is 3.03. The van der Waals surface area contributed by atoms with Crippen LogP contribution in [0.4, 0.5) is 5.69 Å². The van der Waals surface area contributed by atoms with Crippen LogP contribution in [-0.4, -0.2) is 5.96 Å². The summed E-state index contributed by atoms with van der Waals surface area (Å²) in [6.45, 7) is 2.78. The molecule has 4 heteroatoms. The van der Waals surface area contributed by atoms with E-state index in [9.17, 15) is 0 Å². The Hall–Kier alpha value is -0.780.